The fourth-order valence-electron chi connectivity index (χ4n) is 3.72. The van der Waals surface area contributed by atoms with Crippen molar-refractivity contribution < 1.29 is 14.5 Å². The maximum atomic E-state index is 11.8. The van der Waals surface area contributed by atoms with Gasteiger partial charge in [0.15, 0.2) is 4.90 Å². The highest BCUT2D eigenvalue weighted by Gasteiger charge is 2.36. The fourth-order valence-corrected chi connectivity index (χ4v) is 4.29. The van der Waals surface area contributed by atoms with Crippen molar-refractivity contribution in [1.82, 2.24) is 0 Å². The molecule has 5 nitrogen and oxygen atoms in total. The van der Waals surface area contributed by atoms with Gasteiger partial charge in [0.2, 0.25) is 0 Å². The average Bonchev–Trinajstić information content (AvgIpc) is 2.59. The molecule has 0 bridgehead atoms. The number of hydrogen-bond donors (Lipinski definition) is 3. The van der Waals surface area contributed by atoms with Crippen molar-refractivity contribution in [2.75, 3.05) is 16.9 Å². The summed E-state index contributed by atoms with van der Waals surface area (Å²) in [7, 11) is 0. The topological polar surface area (TPSA) is 84.4 Å². The summed E-state index contributed by atoms with van der Waals surface area (Å²) < 4.78 is 11.8. The van der Waals surface area contributed by atoms with Crippen LogP contribution in [0.3, 0.4) is 0 Å². The molecule has 0 radical (unpaired) electrons. The Kier molecular flexibility index (Phi) is 5.38. The maximum Gasteiger partial charge on any atom is 0.328 e. The van der Waals surface area contributed by atoms with Gasteiger partial charge in [-0.1, -0.05) is 26.0 Å². The highest BCUT2D eigenvalue weighted by atomic mass is 32.2. The first-order valence-corrected chi connectivity index (χ1v) is 10.9. The van der Waals surface area contributed by atoms with Crippen LogP contribution in [0.1, 0.15) is 44.9 Å². The second-order valence-electron chi connectivity index (χ2n) is 8.70. The van der Waals surface area contributed by atoms with E-state index in [1.165, 1.54) is 5.56 Å². The number of anilines is 2. The Hall–Kier alpha value is -2.18. The van der Waals surface area contributed by atoms with E-state index in [4.69, 9.17) is 0 Å². The SMILES string of the molecule is C[S+]([O-])c1ccc2c(c1)CC(C)(C)C(c1cccc(NC(C)(C)C(=O)O)c1)N2. The zero-order valence-electron chi connectivity index (χ0n) is 17.0. The van der Waals surface area contributed by atoms with Gasteiger partial charge in [-0.15, -0.1) is 0 Å². The van der Waals surface area contributed by atoms with Gasteiger partial charge in [0, 0.05) is 11.4 Å². The molecule has 0 amide bonds. The first kappa shape index (κ1) is 20.6. The summed E-state index contributed by atoms with van der Waals surface area (Å²) in [5.74, 6) is -0.896. The standard InChI is InChI=1S/C22H28N2O3S/c1-21(2)13-15-12-17(28(5)27)9-10-18(15)23-19(21)14-7-6-8-16(11-14)24-22(3,4)20(25)26/h6-12,19,23-24H,13H2,1-5H3,(H,25,26). The maximum absolute atomic E-state index is 11.8. The molecule has 3 rings (SSSR count). The second-order valence-corrected chi connectivity index (χ2v) is 10.1. The van der Waals surface area contributed by atoms with Crippen molar-refractivity contribution in [2.24, 2.45) is 5.41 Å². The second kappa shape index (κ2) is 7.33. The molecule has 6 heteroatoms. The summed E-state index contributed by atoms with van der Waals surface area (Å²) in [4.78, 5) is 12.3. The third kappa shape index (κ3) is 4.13. The van der Waals surface area contributed by atoms with Gasteiger partial charge in [0.25, 0.3) is 0 Å². The molecule has 0 aromatic heterocycles. The zero-order valence-corrected chi connectivity index (χ0v) is 17.8. The van der Waals surface area contributed by atoms with Crippen LogP contribution in [0.2, 0.25) is 0 Å². The van der Waals surface area contributed by atoms with Crippen LogP contribution in [0.25, 0.3) is 0 Å². The van der Waals surface area contributed by atoms with Crippen LogP contribution in [-0.4, -0.2) is 27.4 Å². The Bertz CT molecular complexity index is 893. The van der Waals surface area contributed by atoms with Crippen molar-refractivity contribution in [1.29, 1.82) is 0 Å². The van der Waals surface area contributed by atoms with Gasteiger partial charge in [0.05, 0.1) is 6.04 Å². The molecule has 150 valence electrons. The first-order chi connectivity index (χ1) is 13.0. The summed E-state index contributed by atoms with van der Waals surface area (Å²) in [6.07, 6.45) is 2.56. The molecule has 2 unspecified atom stereocenters. The van der Waals surface area contributed by atoms with Gasteiger partial charge in [-0.2, -0.15) is 0 Å². The van der Waals surface area contributed by atoms with Crippen molar-refractivity contribution in [2.45, 2.75) is 50.6 Å². The van der Waals surface area contributed by atoms with Gasteiger partial charge in [-0.05, 0) is 78.3 Å². The smallest absolute Gasteiger partial charge is 0.328 e. The summed E-state index contributed by atoms with van der Waals surface area (Å²) in [5, 5.41) is 16.1. The van der Waals surface area contributed by atoms with E-state index in [2.05, 4.69) is 30.5 Å². The van der Waals surface area contributed by atoms with Crippen LogP contribution in [0.15, 0.2) is 47.4 Å². The number of carbonyl (C=O) groups is 1. The number of hydrogen-bond acceptors (Lipinski definition) is 4. The van der Waals surface area contributed by atoms with Crippen LogP contribution in [-0.2, 0) is 22.4 Å². The molecule has 2 aromatic carbocycles. The molecule has 1 heterocycles. The fraction of sp³-hybridized carbons (Fsp3) is 0.409. The zero-order chi connectivity index (χ0) is 20.7. The van der Waals surface area contributed by atoms with E-state index in [0.717, 1.165) is 28.3 Å². The normalized spacial score (nSPS) is 19.3. The van der Waals surface area contributed by atoms with Crippen molar-refractivity contribution in [3.8, 4) is 0 Å². The van der Waals surface area contributed by atoms with Gasteiger partial charge in [-0.25, -0.2) is 4.79 Å². The van der Waals surface area contributed by atoms with Crippen molar-refractivity contribution >= 4 is 28.5 Å². The Labute approximate surface area is 169 Å². The molecular weight excluding hydrogens is 372 g/mol. The Morgan fingerprint density at radius 2 is 2.00 bits per heavy atom. The van der Waals surface area contributed by atoms with Crippen molar-refractivity contribution in [3.63, 3.8) is 0 Å². The molecule has 2 aromatic rings. The number of rotatable bonds is 5. The monoisotopic (exact) mass is 400 g/mol. The Balaban J connectivity index is 1.91. The average molecular weight is 401 g/mol. The minimum Gasteiger partial charge on any atom is -0.612 e. The largest absolute Gasteiger partial charge is 0.612 e. The number of fused-ring (bicyclic) bond motifs is 1. The highest BCUT2D eigenvalue weighted by Crippen LogP contribution is 2.45. The highest BCUT2D eigenvalue weighted by molar-refractivity contribution is 7.90. The number of carboxylic acids is 1. The predicted molar refractivity (Wildman–Crippen MR) is 114 cm³/mol. The van der Waals surface area contributed by atoms with Gasteiger partial charge in [-0.3, -0.25) is 0 Å². The molecule has 0 spiro atoms. The number of benzene rings is 2. The third-order valence-corrected chi connectivity index (χ3v) is 6.27. The van der Waals surface area contributed by atoms with Gasteiger partial charge in [0.1, 0.15) is 11.8 Å². The van der Waals surface area contributed by atoms with Crippen molar-refractivity contribution in [3.05, 3.63) is 53.6 Å². The van der Waals surface area contributed by atoms with Gasteiger partial charge < -0.3 is 20.3 Å². The number of aliphatic carboxylic acids is 1. The molecule has 28 heavy (non-hydrogen) atoms. The Morgan fingerprint density at radius 3 is 2.64 bits per heavy atom. The molecule has 2 atom stereocenters. The van der Waals surface area contributed by atoms with E-state index >= 15 is 0 Å². The minimum atomic E-state index is -1.05. The van der Waals surface area contributed by atoms with Crippen LogP contribution in [0, 0.1) is 5.41 Å². The molecule has 3 N–H and O–H groups in total. The van der Waals surface area contributed by atoms with Crippen LogP contribution in [0.4, 0.5) is 11.4 Å². The molecule has 0 aliphatic carbocycles. The van der Waals surface area contributed by atoms with E-state index in [1.807, 2.05) is 36.4 Å². The lowest BCUT2D eigenvalue weighted by atomic mass is 9.73. The lowest BCUT2D eigenvalue weighted by molar-refractivity contribution is -0.141. The molecule has 0 saturated carbocycles. The molecule has 1 aliphatic rings. The number of carboxylic acid groups (broad SMARTS) is 1. The minimum absolute atomic E-state index is 0.0677. The summed E-state index contributed by atoms with van der Waals surface area (Å²) >= 11 is -0.997. The first-order valence-electron chi connectivity index (χ1n) is 9.34. The summed E-state index contributed by atoms with van der Waals surface area (Å²) in [5.41, 5.74) is 3.00. The summed E-state index contributed by atoms with van der Waals surface area (Å²) in [6, 6.07) is 13.9. The van der Waals surface area contributed by atoms with E-state index in [-0.39, 0.29) is 11.5 Å². The van der Waals surface area contributed by atoms with E-state index in [0.29, 0.717) is 0 Å². The molecule has 0 fully saturated rings. The third-order valence-electron chi connectivity index (χ3n) is 5.35. The van der Waals surface area contributed by atoms with Crippen LogP contribution in [0.5, 0.6) is 0 Å². The molecule has 0 saturated heterocycles. The predicted octanol–water partition coefficient (Wildman–Crippen LogP) is 4.43. The molecule has 1 aliphatic heterocycles. The van der Waals surface area contributed by atoms with E-state index in [9.17, 15) is 14.5 Å². The lowest BCUT2D eigenvalue weighted by Crippen LogP contribution is -2.40. The lowest BCUT2D eigenvalue weighted by Gasteiger charge is -2.41. The quantitative estimate of drug-likeness (QED) is 0.647. The molecular formula is C22H28N2O3S. The van der Waals surface area contributed by atoms with Gasteiger partial charge >= 0.3 is 5.97 Å². The number of nitrogens with one attached hydrogen (secondary N) is 2. The summed E-state index contributed by atoms with van der Waals surface area (Å²) in [6.45, 7) is 7.72. The van der Waals surface area contributed by atoms with E-state index < -0.39 is 22.7 Å². The van der Waals surface area contributed by atoms with E-state index in [1.54, 1.807) is 20.1 Å². The van der Waals surface area contributed by atoms with Crippen LogP contribution >= 0.6 is 0 Å². The Morgan fingerprint density at radius 1 is 1.29 bits per heavy atom. The van der Waals surface area contributed by atoms with Crippen LogP contribution < -0.4 is 10.6 Å².